The van der Waals surface area contributed by atoms with Gasteiger partial charge in [-0.2, -0.15) is 0 Å². The number of imide groups is 1. The third-order valence-corrected chi connectivity index (χ3v) is 4.47. The van der Waals surface area contributed by atoms with Crippen molar-refractivity contribution in [2.24, 2.45) is 0 Å². The van der Waals surface area contributed by atoms with Crippen LogP contribution in [0.2, 0.25) is 0 Å². The second kappa shape index (κ2) is 7.15. The van der Waals surface area contributed by atoms with Crippen molar-refractivity contribution >= 4 is 28.8 Å². The average molecular weight is 372 g/mol. The van der Waals surface area contributed by atoms with Crippen LogP contribution in [0.25, 0.3) is 10.9 Å². The summed E-state index contributed by atoms with van der Waals surface area (Å²) in [7, 11) is 0. The SMILES string of the molecule is CC(C)(C)OC(=O)n1cc(CCN2C(=O)CC[C@H](O)C2=O)c2ccccc21. The maximum Gasteiger partial charge on any atom is 0.419 e. The predicted molar refractivity (Wildman–Crippen MR) is 99.2 cm³/mol. The molecule has 0 bridgehead atoms. The fourth-order valence-corrected chi connectivity index (χ4v) is 3.20. The van der Waals surface area contributed by atoms with Gasteiger partial charge in [0.25, 0.3) is 5.91 Å². The minimum absolute atomic E-state index is 0.159. The fraction of sp³-hybridized carbons (Fsp3) is 0.450. The minimum atomic E-state index is -1.12. The highest BCUT2D eigenvalue weighted by Gasteiger charge is 2.32. The molecule has 27 heavy (non-hydrogen) atoms. The third kappa shape index (κ3) is 4.03. The maximum absolute atomic E-state index is 12.5. The van der Waals surface area contributed by atoms with E-state index in [-0.39, 0.29) is 25.3 Å². The number of hydrogen-bond donors (Lipinski definition) is 1. The largest absolute Gasteiger partial charge is 0.443 e. The molecule has 2 heterocycles. The van der Waals surface area contributed by atoms with Crippen LogP contribution < -0.4 is 0 Å². The molecule has 7 heteroatoms. The van der Waals surface area contributed by atoms with Gasteiger partial charge in [-0.3, -0.25) is 19.1 Å². The summed E-state index contributed by atoms with van der Waals surface area (Å²) in [6, 6.07) is 7.41. The van der Waals surface area contributed by atoms with Gasteiger partial charge < -0.3 is 9.84 Å². The monoisotopic (exact) mass is 372 g/mol. The van der Waals surface area contributed by atoms with E-state index < -0.39 is 23.7 Å². The van der Waals surface area contributed by atoms with Gasteiger partial charge in [-0.05, 0) is 45.2 Å². The highest BCUT2D eigenvalue weighted by molar-refractivity contribution is 6.00. The summed E-state index contributed by atoms with van der Waals surface area (Å²) >= 11 is 0. The zero-order valence-electron chi connectivity index (χ0n) is 15.8. The molecule has 7 nitrogen and oxygen atoms in total. The van der Waals surface area contributed by atoms with E-state index in [0.29, 0.717) is 11.9 Å². The molecule has 2 aromatic rings. The van der Waals surface area contributed by atoms with Gasteiger partial charge in [-0.25, -0.2) is 4.79 Å². The first-order valence-electron chi connectivity index (χ1n) is 9.02. The molecular weight excluding hydrogens is 348 g/mol. The number of amides is 2. The number of piperidine rings is 1. The number of aromatic nitrogens is 1. The lowest BCUT2D eigenvalue weighted by Gasteiger charge is -2.27. The van der Waals surface area contributed by atoms with E-state index in [2.05, 4.69) is 0 Å². The lowest BCUT2D eigenvalue weighted by atomic mass is 10.1. The number of fused-ring (bicyclic) bond motifs is 1. The lowest BCUT2D eigenvalue weighted by molar-refractivity contribution is -0.155. The maximum atomic E-state index is 12.5. The zero-order valence-corrected chi connectivity index (χ0v) is 15.8. The van der Waals surface area contributed by atoms with Crippen molar-refractivity contribution in [2.75, 3.05) is 6.54 Å². The molecule has 0 unspecified atom stereocenters. The Kier molecular flexibility index (Phi) is 5.06. The van der Waals surface area contributed by atoms with E-state index in [1.807, 2.05) is 24.3 Å². The Balaban J connectivity index is 1.86. The molecule has 1 aliphatic rings. The molecule has 0 saturated carbocycles. The van der Waals surface area contributed by atoms with Crippen molar-refractivity contribution in [1.29, 1.82) is 0 Å². The summed E-state index contributed by atoms with van der Waals surface area (Å²) in [5.41, 5.74) is 0.918. The topological polar surface area (TPSA) is 88.8 Å². The normalized spacial score (nSPS) is 18.2. The first-order valence-corrected chi connectivity index (χ1v) is 9.02. The number of carbonyl (C=O) groups is 3. The van der Waals surface area contributed by atoms with Crippen LogP contribution in [0, 0.1) is 0 Å². The molecule has 1 aromatic carbocycles. The van der Waals surface area contributed by atoms with Crippen LogP contribution in [0.3, 0.4) is 0 Å². The smallest absolute Gasteiger partial charge is 0.419 e. The predicted octanol–water partition coefficient (Wildman–Crippen LogP) is 2.48. The summed E-state index contributed by atoms with van der Waals surface area (Å²) in [5, 5.41) is 10.6. The van der Waals surface area contributed by atoms with Crippen molar-refractivity contribution in [3.63, 3.8) is 0 Å². The number of aliphatic hydroxyl groups is 1. The number of likely N-dealkylation sites (tertiary alicyclic amines) is 1. The van der Waals surface area contributed by atoms with Gasteiger partial charge in [0.15, 0.2) is 0 Å². The first-order chi connectivity index (χ1) is 12.7. The molecule has 3 rings (SSSR count). The molecule has 1 fully saturated rings. The number of ether oxygens (including phenoxy) is 1. The van der Waals surface area contributed by atoms with E-state index in [1.54, 1.807) is 27.0 Å². The van der Waals surface area contributed by atoms with Crippen molar-refractivity contribution in [2.45, 2.75) is 51.7 Å². The second-order valence-electron chi connectivity index (χ2n) is 7.71. The van der Waals surface area contributed by atoms with Gasteiger partial charge >= 0.3 is 6.09 Å². The lowest BCUT2D eigenvalue weighted by Crippen LogP contribution is -2.48. The first kappa shape index (κ1) is 19.1. The molecule has 0 spiro atoms. The van der Waals surface area contributed by atoms with Crippen LogP contribution in [-0.2, 0) is 20.7 Å². The standard InChI is InChI=1S/C20H24N2O5/c1-20(2,3)27-19(26)22-12-13(14-6-4-5-7-15(14)22)10-11-21-17(24)9-8-16(23)18(21)25/h4-7,12,16,23H,8-11H2,1-3H3/t16-/m0/s1. The van der Waals surface area contributed by atoms with E-state index in [1.165, 1.54) is 4.57 Å². The number of carbonyl (C=O) groups excluding carboxylic acids is 3. The Morgan fingerprint density at radius 2 is 1.96 bits per heavy atom. The molecule has 0 radical (unpaired) electrons. The quantitative estimate of drug-likeness (QED) is 0.836. The third-order valence-electron chi connectivity index (χ3n) is 4.47. The molecule has 2 amide bonds. The zero-order chi connectivity index (χ0) is 19.8. The van der Waals surface area contributed by atoms with Gasteiger partial charge in [0.1, 0.15) is 11.7 Å². The van der Waals surface area contributed by atoms with Crippen molar-refractivity contribution in [3.8, 4) is 0 Å². The number of aliphatic hydroxyl groups excluding tert-OH is 1. The number of rotatable bonds is 3. The highest BCUT2D eigenvalue weighted by Crippen LogP contribution is 2.24. The van der Waals surface area contributed by atoms with Crippen LogP contribution in [0.15, 0.2) is 30.5 Å². The van der Waals surface area contributed by atoms with Crippen LogP contribution >= 0.6 is 0 Å². The molecule has 1 N–H and O–H groups in total. The van der Waals surface area contributed by atoms with Crippen molar-refractivity contribution in [3.05, 3.63) is 36.0 Å². The fourth-order valence-electron chi connectivity index (χ4n) is 3.20. The minimum Gasteiger partial charge on any atom is -0.443 e. The average Bonchev–Trinajstić information content (AvgIpc) is 2.96. The molecule has 1 aliphatic heterocycles. The Labute approximate surface area is 157 Å². The number of benzene rings is 1. The summed E-state index contributed by atoms with van der Waals surface area (Å²) in [6.45, 7) is 5.57. The van der Waals surface area contributed by atoms with E-state index in [4.69, 9.17) is 4.74 Å². The Morgan fingerprint density at radius 3 is 2.67 bits per heavy atom. The number of hydrogen-bond acceptors (Lipinski definition) is 5. The Bertz CT molecular complexity index is 893. The second-order valence-corrected chi connectivity index (χ2v) is 7.71. The summed E-state index contributed by atoms with van der Waals surface area (Å²) in [5.74, 6) is -0.830. The van der Waals surface area contributed by atoms with E-state index >= 15 is 0 Å². The molecule has 1 saturated heterocycles. The van der Waals surface area contributed by atoms with Crippen molar-refractivity contribution < 1.29 is 24.2 Å². The highest BCUT2D eigenvalue weighted by atomic mass is 16.6. The van der Waals surface area contributed by atoms with Gasteiger partial charge in [-0.15, -0.1) is 0 Å². The van der Waals surface area contributed by atoms with Gasteiger partial charge in [-0.1, -0.05) is 18.2 Å². The summed E-state index contributed by atoms with van der Waals surface area (Å²) < 4.78 is 6.91. The van der Waals surface area contributed by atoms with E-state index in [9.17, 15) is 19.5 Å². The Hall–Kier alpha value is -2.67. The number of para-hydroxylation sites is 1. The Morgan fingerprint density at radius 1 is 1.26 bits per heavy atom. The molecule has 1 aromatic heterocycles. The van der Waals surface area contributed by atoms with Gasteiger partial charge in [0.05, 0.1) is 5.52 Å². The van der Waals surface area contributed by atoms with Crippen molar-refractivity contribution in [1.82, 2.24) is 9.47 Å². The molecule has 0 aliphatic carbocycles. The number of nitrogens with zero attached hydrogens (tertiary/aromatic N) is 2. The van der Waals surface area contributed by atoms with Crippen LogP contribution in [0.5, 0.6) is 0 Å². The van der Waals surface area contributed by atoms with Crippen LogP contribution in [0.1, 0.15) is 39.2 Å². The van der Waals surface area contributed by atoms with Gasteiger partial charge in [0.2, 0.25) is 5.91 Å². The summed E-state index contributed by atoms with van der Waals surface area (Å²) in [4.78, 5) is 37.7. The van der Waals surface area contributed by atoms with Gasteiger partial charge in [0, 0.05) is 24.5 Å². The molecule has 1 atom stereocenters. The molecular formula is C20H24N2O5. The van der Waals surface area contributed by atoms with E-state index in [0.717, 1.165) is 15.8 Å². The van der Waals surface area contributed by atoms with Crippen LogP contribution in [-0.4, -0.2) is 50.7 Å². The molecule has 144 valence electrons. The van der Waals surface area contributed by atoms with Crippen LogP contribution in [0.4, 0.5) is 4.79 Å². The summed E-state index contributed by atoms with van der Waals surface area (Å²) in [6.07, 6.45) is 0.809.